The molecule has 0 spiro atoms. The molecule has 216 valence electrons. The Balaban J connectivity index is 1.25. The molecule has 42 heavy (non-hydrogen) atoms. The molecule has 5 rings (SSSR count). The largest absolute Gasteiger partial charge is 0.431 e. The lowest BCUT2D eigenvalue weighted by Crippen LogP contribution is -2.48. The Morgan fingerprint density at radius 1 is 1.10 bits per heavy atom. The molecule has 2 heterocycles. The Morgan fingerprint density at radius 3 is 2.64 bits per heavy atom. The number of amides is 3. The van der Waals surface area contributed by atoms with Crippen molar-refractivity contribution in [3.8, 4) is 10.4 Å². The number of anilines is 3. The number of benzene rings is 3. The average Bonchev–Trinajstić information content (AvgIpc) is 3.53. The van der Waals surface area contributed by atoms with Gasteiger partial charge in [0.15, 0.2) is 5.82 Å². The van der Waals surface area contributed by atoms with Gasteiger partial charge >= 0.3 is 6.09 Å². The standard InChI is InChI=1S/C31H29FN4O5S/c1-20-17-21(30(39)34(2)25-9-4-3-7-23(25)27-11-6-16-42-27)12-13-22(20)18-33-31(40)41-36-19-28(38)35(14-15-37)26-10-5-8-24(32)29(26)36/h3-13,16-17,37H,14-15,18-19H2,1-2H3,(H,33,40). The minimum Gasteiger partial charge on any atom is -0.395 e. The van der Waals surface area contributed by atoms with Crippen molar-refractivity contribution in [3.05, 3.63) is 101 Å². The van der Waals surface area contributed by atoms with Gasteiger partial charge in [-0.2, -0.15) is 5.06 Å². The van der Waals surface area contributed by atoms with Gasteiger partial charge in [0.25, 0.3) is 5.91 Å². The number of hydrogen-bond donors (Lipinski definition) is 2. The molecule has 0 radical (unpaired) electrons. The number of nitrogens with one attached hydrogen (secondary N) is 1. The number of fused-ring (bicyclic) bond motifs is 1. The van der Waals surface area contributed by atoms with E-state index in [4.69, 9.17) is 4.84 Å². The summed E-state index contributed by atoms with van der Waals surface area (Å²) in [5, 5.41) is 14.8. The maximum atomic E-state index is 14.7. The van der Waals surface area contributed by atoms with Crippen LogP contribution in [0.4, 0.5) is 26.2 Å². The fourth-order valence-electron chi connectivity index (χ4n) is 4.85. The van der Waals surface area contributed by atoms with Gasteiger partial charge in [-0.3, -0.25) is 9.59 Å². The number of carbonyl (C=O) groups is 3. The zero-order chi connectivity index (χ0) is 29.8. The third-order valence-electron chi connectivity index (χ3n) is 6.97. The minimum atomic E-state index is -0.878. The second kappa shape index (κ2) is 12.4. The number of thiophene rings is 1. The van der Waals surface area contributed by atoms with E-state index in [-0.39, 0.29) is 37.0 Å². The molecule has 0 aliphatic carbocycles. The molecular formula is C31H29FN4O5S. The van der Waals surface area contributed by atoms with Crippen LogP contribution in [-0.2, 0) is 16.2 Å². The molecule has 3 amide bonds. The second-order valence-corrected chi connectivity index (χ2v) is 10.6. The van der Waals surface area contributed by atoms with Crippen LogP contribution in [0.15, 0.2) is 78.2 Å². The van der Waals surface area contributed by atoms with Crippen LogP contribution in [0.3, 0.4) is 0 Å². The molecule has 1 aliphatic heterocycles. The first-order chi connectivity index (χ1) is 20.3. The summed E-state index contributed by atoms with van der Waals surface area (Å²) in [5.74, 6) is -1.30. The lowest BCUT2D eigenvalue weighted by molar-refractivity contribution is -0.118. The highest BCUT2D eigenvalue weighted by Crippen LogP contribution is 2.36. The van der Waals surface area contributed by atoms with Gasteiger partial charge in [-0.25, -0.2) is 9.18 Å². The van der Waals surface area contributed by atoms with E-state index in [9.17, 15) is 23.9 Å². The fraction of sp³-hybridized carbons (Fsp3) is 0.194. The first-order valence-corrected chi connectivity index (χ1v) is 14.1. The van der Waals surface area contributed by atoms with E-state index in [1.165, 1.54) is 23.1 Å². The van der Waals surface area contributed by atoms with Gasteiger partial charge in [0.05, 0.1) is 18.0 Å². The van der Waals surface area contributed by atoms with Gasteiger partial charge in [0.1, 0.15) is 12.2 Å². The van der Waals surface area contributed by atoms with Crippen molar-refractivity contribution in [1.29, 1.82) is 0 Å². The van der Waals surface area contributed by atoms with Crippen molar-refractivity contribution in [1.82, 2.24) is 5.32 Å². The van der Waals surface area contributed by atoms with Crippen molar-refractivity contribution in [2.45, 2.75) is 13.5 Å². The van der Waals surface area contributed by atoms with Crippen LogP contribution in [0.2, 0.25) is 0 Å². The normalized spacial score (nSPS) is 12.6. The van der Waals surface area contributed by atoms with Crippen LogP contribution in [0.1, 0.15) is 21.5 Å². The van der Waals surface area contributed by atoms with Crippen molar-refractivity contribution in [2.24, 2.45) is 0 Å². The highest BCUT2D eigenvalue weighted by Gasteiger charge is 2.33. The molecule has 0 saturated heterocycles. The third-order valence-corrected chi connectivity index (χ3v) is 7.87. The highest BCUT2D eigenvalue weighted by molar-refractivity contribution is 7.13. The summed E-state index contributed by atoms with van der Waals surface area (Å²) in [6.45, 7) is 1.21. The number of para-hydroxylation sites is 2. The van der Waals surface area contributed by atoms with Crippen LogP contribution >= 0.6 is 11.3 Å². The molecule has 11 heteroatoms. The molecule has 3 aromatic carbocycles. The Hall–Kier alpha value is -4.74. The predicted octanol–water partition coefficient (Wildman–Crippen LogP) is 5.13. The van der Waals surface area contributed by atoms with Gasteiger partial charge in [-0.05, 0) is 59.8 Å². The molecule has 0 bridgehead atoms. The zero-order valence-corrected chi connectivity index (χ0v) is 23.9. The Bertz CT molecular complexity index is 1630. The summed E-state index contributed by atoms with van der Waals surface area (Å²) in [7, 11) is 1.74. The monoisotopic (exact) mass is 588 g/mol. The topological polar surface area (TPSA) is 102 Å². The first-order valence-electron chi connectivity index (χ1n) is 13.2. The van der Waals surface area contributed by atoms with E-state index in [2.05, 4.69) is 5.32 Å². The number of carbonyl (C=O) groups excluding carboxylic acids is 3. The summed E-state index contributed by atoms with van der Waals surface area (Å²) in [5.41, 5.74) is 3.93. The number of rotatable bonds is 8. The molecule has 9 nitrogen and oxygen atoms in total. The number of β-amino-alcohol motifs (C(OH)–C–C–N with tert-alkyl or cyclic N) is 1. The summed E-state index contributed by atoms with van der Waals surface area (Å²) < 4.78 is 14.7. The lowest BCUT2D eigenvalue weighted by atomic mass is 10.0. The van der Waals surface area contributed by atoms with Crippen LogP contribution in [-0.4, -0.2) is 49.8 Å². The number of nitrogens with zero attached hydrogens (tertiary/aromatic N) is 3. The number of hydroxylamine groups is 1. The molecule has 2 N–H and O–H groups in total. The second-order valence-electron chi connectivity index (χ2n) is 9.65. The Labute approximate surface area is 246 Å². The molecule has 1 aliphatic rings. The smallest absolute Gasteiger partial charge is 0.395 e. The van der Waals surface area contributed by atoms with Crippen molar-refractivity contribution in [3.63, 3.8) is 0 Å². The van der Waals surface area contributed by atoms with Gasteiger partial charge in [0.2, 0.25) is 5.91 Å². The summed E-state index contributed by atoms with van der Waals surface area (Å²) in [4.78, 5) is 47.9. The number of aliphatic hydroxyl groups is 1. The van der Waals surface area contributed by atoms with E-state index in [1.54, 1.807) is 41.5 Å². The molecule has 1 aromatic heterocycles. The van der Waals surface area contributed by atoms with Crippen molar-refractivity contribution >= 4 is 46.3 Å². The summed E-state index contributed by atoms with van der Waals surface area (Å²) in [6.07, 6.45) is -0.878. The fourth-order valence-corrected chi connectivity index (χ4v) is 5.61. The number of halogens is 1. The van der Waals surface area contributed by atoms with Gasteiger partial charge in [-0.1, -0.05) is 36.4 Å². The van der Waals surface area contributed by atoms with E-state index < -0.39 is 24.4 Å². The minimum absolute atomic E-state index is 0.00989. The Kier molecular flexibility index (Phi) is 8.51. The van der Waals surface area contributed by atoms with Crippen LogP contribution < -0.4 is 20.2 Å². The molecule has 0 saturated carbocycles. The van der Waals surface area contributed by atoms with Crippen LogP contribution in [0, 0.1) is 12.7 Å². The lowest BCUT2D eigenvalue weighted by Gasteiger charge is -2.35. The zero-order valence-electron chi connectivity index (χ0n) is 23.0. The number of aryl methyl sites for hydroxylation is 1. The first kappa shape index (κ1) is 28.8. The van der Waals surface area contributed by atoms with Crippen LogP contribution in [0.5, 0.6) is 0 Å². The SMILES string of the molecule is Cc1cc(C(=O)N(C)c2ccccc2-c2cccs2)ccc1CNC(=O)ON1CC(=O)N(CCO)c2cccc(F)c21. The van der Waals surface area contributed by atoms with E-state index in [0.717, 1.165) is 32.3 Å². The number of aliphatic hydroxyl groups excluding tert-OH is 1. The van der Waals surface area contributed by atoms with Crippen molar-refractivity contribution < 1.29 is 28.7 Å². The van der Waals surface area contributed by atoms with Crippen molar-refractivity contribution in [2.75, 3.05) is 41.6 Å². The van der Waals surface area contributed by atoms with Crippen LogP contribution in [0.25, 0.3) is 10.4 Å². The quantitative estimate of drug-likeness (QED) is 0.296. The van der Waals surface area contributed by atoms with Gasteiger partial charge in [0, 0.05) is 36.1 Å². The van der Waals surface area contributed by atoms with Gasteiger partial charge in [-0.15, -0.1) is 11.3 Å². The van der Waals surface area contributed by atoms with E-state index in [1.807, 2.05) is 48.7 Å². The van der Waals surface area contributed by atoms with Gasteiger partial charge < -0.3 is 25.1 Å². The maximum absolute atomic E-state index is 14.7. The van der Waals surface area contributed by atoms with E-state index >= 15 is 0 Å². The molecule has 0 unspecified atom stereocenters. The molecule has 4 aromatic rings. The molecular weight excluding hydrogens is 559 g/mol. The summed E-state index contributed by atoms with van der Waals surface area (Å²) in [6, 6.07) is 21.1. The third kappa shape index (κ3) is 5.83. The summed E-state index contributed by atoms with van der Waals surface area (Å²) >= 11 is 1.61. The molecule has 0 fully saturated rings. The average molecular weight is 589 g/mol. The highest BCUT2D eigenvalue weighted by atomic mass is 32.1. The Morgan fingerprint density at radius 2 is 1.90 bits per heavy atom. The predicted molar refractivity (Wildman–Crippen MR) is 160 cm³/mol. The van der Waals surface area contributed by atoms with E-state index in [0.29, 0.717) is 5.56 Å². The molecule has 0 atom stereocenters. The maximum Gasteiger partial charge on any atom is 0.431 e. The number of hydrogen-bond acceptors (Lipinski definition) is 7.